The highest BCUT2D eigenvalue weighted by Gasteiger charge is 2.50. The van der Waals surface area contributed by atoms with Crippen molar-refractivity contribution in [3.8, 4) is 22.6 Å². The van der Waals surface area contributed by atoms with Gasteiger partial charge in [0.1, 0.15) is 18.2 Å². The van der Waals surface area contributed by atoms with E-state index in [-0.39, 0.29) is 64.7 Å². The van der Waals surface area contributed by atoms with Crippen LogP contribution in [0.3, 0.4) is 0 Å². The highest BCUT2D eigenvalue weighted by Crippen LogP contribution is 2.52. The highest BCUT2D eigenvalue weighted by molar-refractivity contribution is 6.34. The molecule has 1 saturated heterocycles. The third-order valence-electron chi connectivity index (χ3n) is 7.23. The van der Waals surface area contributed by atoms with Crippen LogP contribution < -0.4 is 14.8 Å². The van der Waals surface area contributed by atoms with Crippen LogP contribution in [0.15, 0.2) is 48.5 Å². The van der Waals surface area contributed by atoms with Gasteiger partial charge < -0.3 is 19.9 Å². The minimum atomic E-state index is -0.859. The second-order valence-corrected chi connectivity index (χ2v) is 9.73. The average Bonchev–Trinajstić information content (AvgIpc) is 3.58. The van der Waals surface area contributed by atoms with Crippen molar-refractivity contribution >= 4 is 17.4 Å². The Labute approximate surface area is 219 Å². The maximum atomic E-state index is 16.0. The molecule has 0 aromatic heterocycles. The summed E-state index contributed by atoms with van der Waals surface area (Å²) in [6.07, 6.45) is 2.25. The summed E-state index contributed by atoms with van der Waals surface area (Å²) in [6, 6.07) is 13.7. The van der Waals surface area contributed by atoms with Crippen LogP contribution >= 0.6 is 11.6 Å². The number of ketones is 1. The lowest BCUT2D eigenvalue weighted by Crippen LogP contribution is -2.48. The number of aliphatic hydroxyl groups excluding tert-OH is 1. The molecular weight excluding hydrogens is 500 g/mol. The predicted molar refractivity (Wildman–Crippen MR) is 137 cm³/mol. The molecule has 2 heterocycles. The van der Waals surface area contributed by atoms with E-state index in [4.69, 9.17) is 26.2 Å². The standard InChI is InChI=1S/C29H28ClF2NO4/c1-2-21(35)18-10-11-22(36-14-13-34)28(32)26(18)25-19-16-29(24-9-6-12-33-24,17-7-4-3-5-8-17)37-23(19)15-20(31)27(25)30/h3-5,7-8,10-11,15,24,33-34H,2,6,9,12-14,16H2,1H3/t24-,29-/m0/s1. The Morgan fingerprint density at radius 2 is 2.00 bits per heavy atom. The van der Waals surface area contributed by atoms with Crippen LogP contribution in [-0.4, -0.2) is 36.7 Å². The van der Waals surface area contributed by atoms with E-state index in [1.54, 1.807) is 6.92 Å². The molecule has 194 valence electrons. The van der Waals surface area contributed by atoms with Gasteiger partial charge in [-0.15, -0.1) is 0 Å². The Bertz CT molecular complexity index is 1330. The number of hydrogen-bond donors (Lipinski definition) is 2. The van der Waals surface area contributed by atoms with Crippen molar-refractivity contribution in [2.24, 2.45) is 0 Å². The monoisotopic (exact) mass is 527 g/mol. The Kier molecular flexibility index (Phi) is 7.21. The lowest BCUT2D eigenvalue weighted by Gasteiger charge is -2.35. The van der Waals surface area contributed by atoms with Crippen molar-refractivity contribution in [3.63, 3.8) is 0 Å². The molecule has 0 aliphatic carbocycles. The van der Waals surface area contributed by atoms with Crippen LogP contribution in [0, 0.1) is 11.6 Å². The summed E-state index contributed by atoms with van der Waals surface area (Å²) in [4.78, 5) is 12.9. The number of benzene rings is 3. The largest absolute Gasteiger partial charge is 0.488 e. The normalized spacial score (nSPS) is 20.5. The number of halogens is 3. The minimum Gasteiger partial charge on any atom is -0.488 e. The van der Waals surface area contributed by atoms with Gasteiger partial charge in [0, 0.05) is 41.2 Å². The number of nitrogens with one attached hydrogen (secondary N) is 1. The number of Topliss-reactive ketones (excluding diaryl/α,β-unsaturated/α-hetero) is 1. The van der Waals surface area contributed by atoms with E-state index in [1.807, 2.05) is 30.3 Å². The van der Waals surface area contributed by atoms with Gasteiger partial charge in [-0.25, -0.2) is 8.78 Å². The Hall–Kier alpha value is -3.00. The molecule has 0 spiro atoms. The first-order chi connectivity index (χ1) is 17.9. The molecule has 0 saturated carbocycles. The predicted octanol–water partition coefficient (Wildman–Crippen LogP) is 5.83. The second-order valence-electron chi connectivity index (χ2n) is 9.36. The fraction of sp³-hybridized carbons (Fsp3) is 0.345. The van der Waals surface area contributed by atoms with Gasteiger partial charge >= 0.3 is 0 Å². The summed E-state index contributed by atoms with van der Waals surface area (Å²) in [5, 5.41) is 12.4. The number of carbonyl (C=O) groups excluding carboxylic acids is 1. The van der Waals surface area contributed by atoms with Gasteiger partial charge in [-0.2, -0.15) is 0 Å². The molecule has 3 aromatic rings. The number of hydrogen-bond acceptors (Lipinski definition) is 5. The van der Waals surface area contributed by atoms with E-state index in [0.29, 0.717) is 12.0 Å². The van der Waals surface area contributed by atoms with Gasteiger partial charge in [0.15, 0.2) is 23.0 Å². The molecule has 3 aromatic carbocycles. The molecule has 2 aliphatic rings. The zero-order valence-electron chi connectivity index (χ0n) is 20.5. The molecular formula is C29H28ClF2NO4. The van der Waals surface area contributed by atoms with Crippen LogP contribution in [0.1, 0.15) is 47.7 Å². The second kappa shape index (κ2) is 10.4. The molecule has 1 fully saturated rings. The lowest BCUT2D eigenvalue weighted by molar-refractivity contribution is 0.0539. The Morgan fingerprint density at radius 3 is 2.68 bits per heavy atom. The van der Waals surface area contributed by atoms with E-state index in [0.717, 1.165) is 24.9 Å². The molecule has 0 radical (unpaired) electrons. The van der Waals surface area contributed by atoms with Crippen molar-refractivity contribution in [2.45, 2.75) is 44.2 Å². The van der Waals surface area contributed by atoms with Crippen molar-refractivity contribution in [2.75, 3.05) is 19.8 Å². The summed E-state index contributed by atoms with van der Waals surface area (Å²) in [7, 11) is 0. The summed E-state index contributed by atoms with van der Waals surface area (Å²) in [5.74, 6) is -1.81. The quantitative estimate of drug-likeness (QED) is 0.361. The molecule has 5 nitrogen and oxygen atoms in total. The lowest BCUT2D eigenvalue weighted by atomic mass is 9.80. The van der Waals surface area contributed by atoms with Crippen molar-refractivity contribution in [3.05, 3.63) is 81.9 Å². The van der Waals surface area contributed by atoms with Gasteiger partial charge in [0.05, 0.1) is 17.7 Å². The number of carbonyl (C=O) groups is 1. The summed E-state index contributed by atoms with van der Waals surface area (Å²) in [5.41, 5.74) is 0.654. The van der Waals surface area contributed by atoms with Gasteiger partial charge in [-0.05, 0) is 37.1 Å². The maximum absolute atomic E-state index is 16.0. The molecule has 5 rings (SSSR count). The highest BCUT2D eigenvalue weighted by atomic mass is 35.5. The van der Waals surface area contributed by atoms with Crippen LogP contribution in [0.5, 0.6) is 11.5 Å². The van der Waals surface area contributed by atoms with Crippen LogP contribution in [0.25, 0.3) is 11.1 Å². The molecule has 0 bridgehead atoms. The molecule has 0 amide bonds. The van der Waals surface area contributed by atoms with Crippen LogP contribution in [-0.2, 0) is 12.0 Å². The van der Waals surface area contributed by atoms with E-state index in [9.17, 15) is 4.79 Å². The van der Waals surface area contributed by atoms with Gasteiger partial charge in [0.2, 0.25) is 0 Å². The van der Waals surface area contributed by atoms with E-state index in [1.165, 1.54) is 18.2 Å². The molecule has 8 heteroatoms. The number of ether oxygens (including phenoxy) is 2. The maximum Gasteiger partial charge on any atom is 0.173 e. The number of aliphatic hydroxyl groups is 1. The first-order valence-electron chi connectivity index (χ1n) is 12.5. The van der Waals surface area contributed by atoms with Gasteiger partial charge in [-0.3, -0.25) is 4.79 Å². The zero-order chi connectivity index (χ0) is 26.2. The summed E-state index contributed by atoms with van der Waals surface area (Å²) < 4.78 is 43.3. The van der Waals surface area contributed by atoms with E-state index < -0.39 is 17.2 Å². The third-order valence-corrected chi connectivity index (χ3v) is 7.60. The molecule has 37 heavy (non-hydrogen) atoms. The Balaban J connectivity index is 1.75. The van der Waals surface area contributed by atoms with Crippen LogP contribution in [0.2, 0.25) is 5.02 Å². The van der Waals surface area contributed by atoms with Gasteiger partial charge in [0.25, 0.3) is 0 Å². The van der Waals surface area contributed by atoms with E-state index >= 15 is 8.78 Å². The molecule has 2 N–H and O–H groups in total. The molecule has 2 atom stereocenters. The smallest absolute Gasteiger partial charge is 0.173 e. The van der Waals surface area contributed by atoms with Crippen molar-refractivity contribution < 1.29 is 28.2 Å². The average molecular weight is 528 g/mol. The third kappa shape index (κ3) is 4.39. The van der Waals surface area contributed by atoms with Crippen molar-refractivity contribution in [1.82, 2.24) is 5.32 Å². The summed E-state index contributed by atoms with van der Waals surface area (Å²) in [6.45, 7) is 2.05. The zero-order valence-corrected chi connectivity index (χ0v) is 21.2. The SMILES string of the molecule is CCC(=O)c1ccc(OCCO)c(F)c1-c1c(Cl)c(F)cc2c1C[C@](c1ccccc1)([C@@H]1CCCN1)O2. The van der Waals surface area contributed by atoms with Crippen molar-refractivity contribution in [1.29, 1.82) is 0 Å². The first-order valence-corrected chi connectivity index (χ1v) is 12.9. The Morgan fingerprint density at radius 1 is 1.22 bits per heavy atom. The van der Waals surface area contributed by atoms with Gasteiger partial charge in [-0.1, -0.05) is 48.9 Å². The fourth-order valence-corrected chi connectivity index (χ4v) is 5.78. The molecule has 2 aliphatic heterocycles. The summed E-state index contributed by atoms with van der Waals surface area (Å²) >= 11 is 6.55. The topological polar surface area (TPSA) is 67.8 Å². The minimum absolute atomic E-state index is 0.0576. The molecule has 0 unspecified atom stereocenters. The number of rotatable bonds is 8. The number of fused-ring (bicyclic) bond motifs is 1. The van der Waals surface area contributed by atoms with E-state index in [2.05, 4.69) is 5.32 Å². The van der Waals surface area contributed by atoms with Crippen LogP contribution in [0.4, 0.5) is 8.78 Å². The first kappa shape index (κ1) is 25.6. The fourth-order valence-electron chi connectivity index (χ4n) is 5.51.